The van der Waals surface area contributed by atoms with Gasteiger partial charge in [0.25, 0.3) is 0 Å². The van der Waals surface area contributed by atoms with Crippen molar-refractivity contribution in [3.8, 4) is 0 Å². The van der Waals surface area contributed by atoms with E-state index in [1.165, 1.54) is 65.4 Å². The lowest BCUT2D eigenvalue weighted by atomic mass is 10.1. The van der Waals surface area contributed by atoms with Crippen LogP contribution in [0.5, 0.6) is 0 Å². The first kappa shape index (κ1) is 135. The van der Waals surface area contributed by atoms with Gasteiger partial charge in [-0.05, 0) is 165 Å². The molecule has 0 amide bonds. The first-order valence-corrected chi connectivity index (χ1v) is 42.2. The third kappa shape index (κ3) is 110. The number of nitrogens with zero attached hydrogens (tertiary/aromatic N) is 25. The summed E-state index contributed by atoms with van der Waals surface area (Å²) in [6.45, 7) is 77.2. The summed E-state index contributed by atoms with van der Waals surface area (Å²) in [4.78, 5) is 56.9. The number of hydrogen-bond donors (Lipinski definition) is 0. The van der Waals surface area contributed by atoms with E-state index in [-0.39, 0.29) is 0 Å². The van der Waals surface area contributed by atoms with Crippen LogP contribution in [0.2, 0.25) is 0 Å². The molecular formula is C96H159N25. The summed E-state index contributed by atoms with van der Waals surface area (Å²) in [5, 5.41) is 38.7. The molecule has 0 spiro atoms. The highest BCUT2D eigenvalue weighted by Crippen LogP contribution is 2.16. The van der Waals surface area contributed by atoms with Gasteiger partial charge in [0.1, 0.15) is 55.4 Å². The van der Waals surface area contributed by atoms with E-state index in [1.54, 1.807) is 118 Å². The molecule has 0 aliphatic carbocycles. The molecule has 0 fully saturated rings. The first-order valence-electron chi connectivity index (χ1n) is 42.2. The quantitative estimate of drug-likeness (QED) is 0.136. The highest BCUT2D eigenvalue weighted by Gasteiger charge is 1.92. The molecule has 0 aliphatic rings. The van der Waals surface area contributed by atoms with Crippen LogP contribution >= 0.6 is 0 Å². The SMILES string of the molecule is CC.CC.CC.CC.CC.CC.CC.CC.CC.CC.CC.CC.CC.Cc1cccc2ccccc12.Cc1ccccc1.Cc1cccnn1.Cc1ccncc1.Cc1ccncn1.Cc1ccnnc1.Cc1cnccn1.Cc1cncnc1.Cc1cncnn1.Cc1cnncn1.Cc1ncccn1.Cc1nccnn1.Cc1ncncn1. The lowest BCUT2D eigenvalue weighted by Crippen LogP contribution is -1.85. The normalized spacial score (nSPS) is 7.63. The smallest absolute Gasteiger partial charge is 0.147 e. The Bertz CT molecular complexity index is 3140. The van der Waals surface area contributed by atoms with E-state index in [2.05, 4.69) is 194 Å². The second-order valence-corrected chi connectivity index (χ2v) is 19.0. The third-order valence-corrected chi connectivity index (χ3v) is 10.5. The zero-order valence-corrected chi connectivity index (χ0v) is 81.9. The second kappa shape index (κ2) is 123. The van der Waals surface area contributed by atoms with Gasteiger partial charge in [-0.2, -0.15) is 35.7 Å². The molecule has 0 atom stereocenters. The van der Waals surface area contributed by atoms with Crippen LogP contribution < -0.4 is 0 Å². The Morgan fingerprint density at radius 3 is 0.901 bits per heavy atom. The predicted molar refractivity (Wildman–Crippen MR) is 515 cm³/mol. The van der Waals surface area contributed by atoms with Crippen molar-refractivity contribution in [2.45, 2.75) is 270 Å². The summed E-state index contributed by atoms with van der Waals surface area (Å²) >= 11 is 0. The highest BCUT2D eigenvalue weighted by molar-refractivity contribution is 5.85. The molecule has 0 aliphatic heterocycles. The highest BCUT2D eigenvalue weighted by atomic mass is 15.1. The molecule has 0 radical (unpaired) electrons. The van der Waals surface area contributed by atoms with E-state index in [4.69, 9.17) is 0 Å². The Hall–Kier alpha value is -12.4. The van der Waals surface area contributed by atoms with Crippen molar-refractivity contribution in [1.29, 1.82) is 0 Å². The molecule has 11 heterocycles. The summed E-state index contributed by atoms with van der Waals surface area (Å²) in [5.74, 6) is 2.29. The first-order chi connectivity index (χ1) is 59.1. The van der Waals surface area contributed by atoms with Crippen molar-refractivity contribution in [3.05, 3.63) is 332 Å². The maximum absolute atomic E-state index is 3.92. The standard InChI is InChI=1S/C11H10.C7H8.C6H7N.6C5H6N2.4C4H5N3.13C2H6/c1-9-5-4-7-10-6-2-3-8-11(9)10;1-7-5-3-2-4-6-7;1-6-2-4-7-5-3-6;1-5-2-6-4-7-3-5;1-5-4-6-2-3-7-5;1-5-2-3-6-4-7-5;1-5-2-3-6-7-4-5;1-5-6-3-2-4-7-5;1-5-3-2-4-6-7-5;1-4-6-2-5-3-7-4;1-4-2-6-7-3-5-4;1-4-2-5-3-6-7-4;1-4-5-2-3-6-7-4;13*1-2/h2-8H,1H3;2-6H,1H3;2-5H,1H3;6*2-4H,1H3;4*2-3H,1H3;13*1-2H3. The van der Waals surface area contributed by atoms with Crippen LogP contribution in [0.25, 0.3) is 10.8 Å². The molecule has 3 aromatic carbocycles. The van der Waals surface area contributed by atoms with Gasteiger partial charge in [0, 0.05) is 86.3 Å². The molecule has 0 saturated heterocycles. The van der Waals surface area contributed by atoms with Crippen molar-refractivity contribution in [2.24, 2.45) is 0 Å². The number of pyridine rings is 1. The molecule has 668 valence electrons. The lowest BCUT2D eigenvalue weighted by Gasteiger charge is -1.98. The topological polar surface area (TPSA) is 322 Å². The van der Waals surface area contributed by atoms with E-state index >= 15 is 0 Å². The van der Waals surface area contributed by atoms with Gasteiger partial charge in [-0.15, -0.1) is 15.3 Å². The molecule has 0 bridgehead atoms. The fraction of sp³-hybridized carbons (Fsp3) is 0.406. The van der Waals surface area contributed by atoms with Crippen molar-refractivity contribution >= 4 is 10.8 Å². The fourth-order valence-corrected chi connectivity index (χ4v) is 5.78. The zero-order valence-electron chi connectivity index (χ0n) is 81.9. The van der Waals surface area contributed by atoms with Gasteiger partial charge in [-0.25, -0.2) is 59.8 Å². The van der Waals surface area contributed by atoms with Gasteiger partial charge in [-0.1, -0.05) is 258 Å². The van der Waals surface area contributed by atoms with Crippen molar-refractivity contribution < 1.29 is 0 Å². The summed E-state index contributed by atoms with van der Waals surface area (Å²) in [5.41, 5.74) is 10.9. The monoisotopic (exact) mass is 1660 g/mol. The number of benzene rings is 3. The van der Waals surface area contributed by atoms with E-state index < -0.39 is 0 Å². The van der Waals surface area contributed by atoms with E-state index in [1.807, 2.05) is 304 Å². The number of aryl methyl sites for hydroxylation is 13. The van der Waals surface area contributed by atoms with E-state index in [0.717, 1.165) is 51.2 Å². The van der Waals surface area contributed by atoms with Gasteiger partial charge in [0.15, 0.2) is 0 Å². The van der Waals surface area contributed by atoms with Crippen LogP contribution in [0.1, 0.15) is 254 Å². The number of hydrogen-bond acceptors (Lipinski definition) is 25. The minimum atomic E-state index is 0.711. The van der Waals surface area contributed by atoms with E-state index in [9.17, 15) is 0 Å². The van der Waals surface area contributed by atoms with Crippen molar-refractivity contribution in [2.75, 3.05) is 0 Å². The van der Waals surface area contributed by atoms with Crippen molar-refractivity contribution in [1.82, 2.24) is 126 Å². The second-order valence-electron chi connectivity index (χ2n) is 19.0. The molecule has 25 heteroatoms. The summed E-state index contributed by atoms with van der Waals surface area (Å²) in [7, 11) is 0. The van der Waals surface area contributed by atoms with Crippen LogP contribution in [-0.4, -0.2) is 126 Å². The van der Waals surface area contributed by atoms with Crippen LogP contribution in [-0.2, 0) is 0 Å². The largest absolute Gasteiger partial charge is 0.265 e. The van der Waals surface area contributed by atoms with Gasteiger partial charge in [-0.3, -0.25) is 15.0 Å². The average molecular weight is 1660 g/mol. The number of fused-ring (bicyclic) bond motifs is 1. The van der Waals surface area contributed by atoms with Crippen LogP contribution in [0.15, 0.2) is 259 Å². The maximum atomic E-state index is 3.92. The van der Waals surface area contributed by atoms with E-state index in [0.29, 0.717) is 5.82 Å². The Kier molecular flexibility index (Phi) is 137. The molecule has 0 unspecified atom stereocenters. The van der Waals surface area contributed by atoms with Gasteiger partial charge in [0.05, 0.1) is 47.6 Å². The van der Waals surface area contributed by atoms with Gasteiger partial charge < -0.3 is 0 Å². The molecule has 14 rings (SSSR count). The third-order valence-electron chi connectivity index (χ3n) is 10.5. The minimum absolute atomic E-state index is 0.711. The van der Waals surface area contributed by atoms with Crippen LogP contribution in [0, 0.1) is 90.0 Å². The van der Waals surface area contributed by atoms with Crippen LogP contribution in [0.4, 0.5) is 0 Å². The molecule has 121 heavy (non-hydrogen) atoms. The van der Waals surface area contributed by atoms with Crippen molar-refractivity contribution in [3.63, 3.8) is 0 Å². The molecule has 25 nitrogen and oxygen atoms in total. The molecule has 11 aromatic heterocycles. The lowest BCUT2D eigenvalue weighted by molar-refractivity contribution is 0.907. The Morgan fingerprint density at radius 1 is 0.174 bits per heavy atom. The van der Waals surface area contributed by atoms with Crippen LogP contribution in [0.3, 0.4) is 0 Å². The maximum Gasteiger partial charge on any atom is 0.147 e. The molecular weight excluding hydrogens is 1500 g/mol. The number of aromatic nitrogens is 25. The Labute approximate surface area is 735 Å². The van der Waals surface area contributed by atoms with Gasteiger partial charge in [0.2, 0.25) is 0 Å². The zero-order chi connectivity index (χ0) is 95.0. The fourth-order valence-electron chi connectivity index (χ4n) is 5.78. The predicted octanol–water partition coefficient (Wildman–Crippen LogP) is 25.3. The Balaban J connectivity index is -0.000000104. The molecule has 0 saturated carbocycles. The Morgan fingerprint density at radius 2 is 0.628 bits per heavy atom. The molecule has 14 aromatic rings. The summed E-state index contributed by atoms with van der Waals surface area (Å²) in [6.07, 6.45) is 37.7. The number of rotatable bonds is 0. The summed E-state index contributed by atoms with van der Waals surface area (Å²) in [6, 6.07) is 38.4. The molecule has 0 N–H and O–H groups in total. The average Bonchev–Trinajstić information content (AvgIpc) is 0.843. The summed E-state index contributed by atoms with van der Waals surface area (Å²) < 4.78 is 0. The van der Waals surface area contributed by atoms with Gasteiger partial charge >= 0.3 is 0 Å². The minimum Gasteiger partial charge on any atom is -0.265 e.